The van der Waals surface area contributed by atoms with E-state index in [-0.39, 0.29) is 17.3 Å². The summed E-state index contributed by atoms with van der Waals surface area (Å²) in [5.74, 6) is -0.219. The van der Waals surface area contributed by atoms with Crippen molar-refractivity contribution in [2.75, 3.05) is 24.7 Å². The van der Waals surface area contributed by atoms with E-state index in [1.807, 2.05) is 0 Å². The molecule has 0 spiro atoms. The molecule has 0 radical (unpaired) electrons. The molecule has 5 N–H and O–H groups in total. The van der Waals surface area contributed by atoms with Crippen molar-refractivity contribution >= 4 is 25.7 Å². The lowest BCUT2D eigenvalue weighted by Crippen LogP contribution is -2.35. The minimum Gasteiger partial charge on any atom is -0.371 e. The Bertz CT molecular complexity index is 1030. The number of nitrogens with zero attached hydrogens (tertiary/aromatic N) is 4. The second kappa shape index (κ2) is 7.10. The molecule has 0 unspecified atom stereocenters. The van der Waals surface area contributed by atoms with Crippen molar-refractivity contribution < 1.29 is 21.2 Å². The van der Waals surface area contributed by atoms with Gasteiger partial charge in [-0.2, -0.15) is 5.21 Å². The molecule has 1 aliphatic rings. The molecule has 11 nitrogen and oxygen atoms in total. The van der Waals surface area contributed by atoms with Gasteiger partial charge in [0.15, 0.2) is 0 Å². The zero-order chi connectivity index (χ0) is 19.8. The van der Waals surface area contributed by atoms with Crippen molar-refractivity contribution in [3.63, 3.8) is 0 Å². The Kier molecular flexibility index (Phi) is 5.16. The number of benzene rings is 1. The predicted octanol–water partition coefficient (Wildman–Crippen LogP) is -0.653. The molecule has 1 aliphatic heterocycles. The Morgan fingerprint density at radius 3 is 2.30 bits per heavy atom. The van der Waals surface area contributed by atoms with Gasteiger partial charge in [0.1, 0.15) is 9.79 Å². The van der Waals surface area contributed by atoms with Gasteiger partial charge in [-0.05, 0) is 36.1 Å². The molecule has 2 aromatic rings. The van der Waals surface area contributed by atoms with E-state index in [4.69, 9.17) is 10.3 Å². The quantitative estimate of drug-likeness (QED) is 0.572. The van der Waals surface area contributed by atoms with Gasteiger partial charge in [0.2, 0.25) is 25.9 Å². The molecule has 1 saturated heterocycles. The van der Waals surface area contributed by atoms with Crippen LogP contribution in [0.5, 0.6) is 0 Å². The standard InChI is InChI=1S/C13H18FN7O4S2/c14-7-8-3-5-21(6-4-8)9-1-2-10(26(15,22)23)12(27(16,24)25)11(9)13-17-19-20-18-13/h1-2,8H,3-7H2,(H2,15,22,23)(H2,16,24,25)(H,17,18,19,20). The maximum Gasteiger partial charge on any atom is 0.240 e. The molecule has 1 fully saturated rings. The molecular formula is C13H18FN7O4S2. The summed E-state index contributed by atoms with van der Waals surface area (Å²) in [7, 11) is -8.92. The van der Waals surface area contributed by atoms with Gasteiger partial charge in [-0.15, -0.1) is 10.2 Å². The summed E-state index contributed by atoms with van der Waals surface area (Å²) in [5.41, 5.74) is 0.238. The number of piperidine rings is 1. The van der Waals surface area contributed by atoms with Crippen molar-refractivity contribution in [2.45, 2.75) is 22.6 Å². The Labute approximate surface area is 155 Å². The van der Waals surface area contributed by atoms with Crippen LogP contribution in [0.25, 0.3) is 11.4 Å². The van der Waals surface area contributed by atoms with Crippen LogP contribution in [0.1, 0.15) is 12.8 Å². The monoisotopic (exact) mass is 419 g/mol. The minimum atomic E-state index is -4.52. The lowest BCUT2D eigenvalue weighted by Gasteiger charge is -2.34. The molecule has 0 atom stereocenters. The summed E-state index contributed by atoms with van der Waals surface area (Å²) in [5, 5.41) is 23.6. The van der Waals surface area contributed by atoms with Crippen molar-refractivity contribution in [3.8, 4) is 11.4 Å². The summed E-state index contributed by atoms with van der Waals surface area (Å²) in [4.78, 5) is 0.447. The lowest BCUT2D eigenvalue weighted by atomic mass is 9.97. The number of aromatic nitrogens is 4. The Balaban J connectivity index is 2.27. The van der Waals surface area contributed by atoms with E-state index in [1.165, 1.54) is 6.07 Å². The highest BCUT2D eigenvalue weighted by molar-refractivity contribution is 7.92. The Morgan fingerprint density at radius 2 is 1.81 bits per heavy atom. The number of alkyl halides is 1. The fourth-order valence-corrected chi connectivity index (χ4v) is 5.28. The van der Waals surface area contributed by atoms with Gasteiger partial charge in [-0.1, -0.05) is 0 Å². The van der Waals surface area contributed by atoms with E-state index in [9.17, 15) is 21.2 Å². The van der Waals surface area contributed by atoms with Gasteiger partial charge in [-0.3, -0.25) is 4.39 Å². The highest BCUT2D eigenvalue weighted by atomic mass is 32.2. The second-order valence-electron chi connectivity index (χ2n) is 6.20. The number of sulfonamides is 2. The summed E-state index contributed by atoms with van der Waals surface area (Å²) in [6.07, 6.45) is 1.12. The van der Waals surface area contributed by atoms with Crippen LogP contribution in [0.4, 0.5) is 10.1 Å². The number of halogens is 1. The molecule has 14 heteroatoms. The van der Waals surface area contributed by atoms with Crippen LogP contribution in [-0.4, -0.2) is 57.2 Å². The molecule has 0 saturated carbocycles. The molecule has 0 aliphatic carbocycles. The Morgan fingerprint density at radius 1 is 1.15 bits per heavy atom. The van der Waals surface area contributed by atoms with Crippen molar-refractivity contribution in [3.05, 3.63) is 12.1 Å². The number of tetrazole rings is 1. The molecule has 0 amide bonds. The van der Waals surface area contributed by atoms with Gasteiger partial charge in [-0.25, -0.2) is 27.1 Å². The average molecular weight is 419 g/mol. The maximum atomic E-state index is 12.9. The number of anilines is 1. The van der Waals surface area contributed by atoms with Gasteiger partial charge in [0, 0.05) is 18.8 Å². The third kappa shape index (κ3) is 3.92. The number of H-pyrrole nitrogens is 1. The van der Waals surface area contributed by atoms with Crippen molar-refractivity contribution in [1.82, 2.24) is 20.6 Å². The smallest absolute Gasteiger partial charge is 0.240 e. The molecule has 0 bridgehead atoms. The van der Waals surface area contributed by atoms with E-state index in [0.717, 1.165) is 6.07 Å². The number of hydrogen-bond acceptors (Lipinski definition) is 8. The molecule has 27 heavy (non-hydrogen) atoms. The molecule has 1 aromatic heterocycles. The van der Waals surface area contributed by atoms with Crippen molar-refractivity contribution in [1.29, 1.82) is 0 Å². The SMILES string of the molecule is NS(=O)(=O)c1ccc(N2CCC(CF)CC2)c(-c2nn[nH]n2)c1S(N)(=O)=O. The second-order valence-corrected chi connectivity index (χ2v) is 9.23. The first kappa shape index (κ1) is 19.6. The van der Waals surface area contributed by atoms with Crippen LogP contribution >= 0.6 is 0 Å². The summed E-state index contributed by atoms with van der Waals surface area (Å²) in [6, 6.07) is 2.49. The van der Waals surface area contributed by atoms with Gasteiger partial charge in [0.05, 0.1) is 12.2 Å². The normalized spacial score (nSPS) is 16.6. The lowest BCUT2D eigenvalue weighted by molar-refractivity contribution is 0.307. The van der Waals surface area contributed by atoms with Crippen LogP contribution in [-0.2, 0) is 20.0 Å². The number of nitrogens with two attached hydrogens (primary N) is 2. The first-order valence-electron chi connectivity index (χ1n) is 7.90. The third-order valence-corrected chi connectivity index (χ3v) is 6.51. The highest BCUT2D eigenvalue weighted by Crippen LogP contribution is 2.39. The maximum absolute atomic E-state index is 12.9. The third-order valence-electron chi connectivity index (χ3n) is 4.43. The number of aromatic amines is 1. The topological polar surface area (TPSA) is 178 Å². The van der Waals surface area contributed by atoms with Gasteiger partial charge >= 0.3 is 0 Å². The number of nitrogens with one attached hydrogen (secondary N) is 1. The first-order chi connectivity index (χ1) is 12.6. The molecule has 3 rings (SSSR count). The van der Waals surface area contributed by atoms with E-state index < -0.39 is 36.5 Å². The zero-order valence-corrected chi connectivity index (χ0v) is 15.7. The van der Waals surface area contributed by atoms with Crippen molar-refractivity contribution in [2.24, 2.45) is 16.2 Å². The fourth-order valence-electron chi connectivity index (χ4n) is 3.14. The highest BCUT2D eigenvalue weighted by Gasteiger charge is 2.32. The molecule has 148 valence electrons. The summed E-state index contributed by atoms with van der Waals surface area (Å²) < 4.78 is 61.3. The van der Waals surface area contributed by atoms with Crippen LogP contribution in [0.2, 0.25) is 0 Å². The van der Waals surface area contributed by atoms with E-state index >= 15 is 0 Å². The van der Waals surface area contributed by atoms with Crippen LogP contribution < -0.4 is 15.2 Å². The number of hydrogen-bond donors (Lipinski definition) is 3. The minimum absolute atomic E-state index is 0.0729. The average Bonchev–Trinajstić information content (AvgIpc) is 3.13. The predicted molar refractivity (Wildman–Crippen MR) is 93.3 cm³/mol. The van der Waals surface area contributed by atoms with Crippen LogP contribution in [0.15, 0.2) is 21.9 Å². The van der Waals surface area contributed by atoms with Gasteiger partial charge < -0.3 is 4.90 Å². The molecular weight excluding hydrogens is 401 g/mol. The summed E-state index contributed by atoms with van der Waals surface area (Å²) >= 11 is 0. The number of primary sulfonamides is 2. The van der Waals surface area contributed by atoms with E-state index in [1.54, 1.807) is 4.90 Å². The van der Waals surface area contributed by atoms with E-state index in [2.05, 4.69) is 20.6 Å². The molecule has 2 heterocycles. The Hall–Kier alpha value is -2.16. The zero-order valence-electron chi connectivity index (χ0n) is 14.0. The first-order valence-corrected chi connectivity index (χ1v) is 11.0. The largest absolute Gasteiger partial charge is 0.371 e. The summed E-state index contributed by atoms with van der Waals surface area (Å²) in [6.45, 7) is 0.453. The van der Waals surface area contributed by atoms with Crippen LogP contribution in [0.3, 0.4) is 0 Å². The fraction of sp³-hybridized carbons (Fsp3) is 0.462. The van der Waals surface area contributed by atoms with Crippen LogP contribution in [0, 0.1) is 5.92 Å². The van der Waals surface area contributed by atoms with Gasteiger partial charge in [0.25, 0.3) is 0 Å². The van der Waals surface area contributed by atoms with E-state index in [0.29, 0.717) is 31.6 Å². The number of rotatable bonds is 5. The molecule has 1 aromatic carbocycles.